The summed E-state index contributed by atoms with van der Waals surface area (Å²) < 4.78 is 5.34. The lowest BCUT2D eigenvalue weighted by molar-refractivity contribution is -0.150. The van der Waals surface area contributed by atoms with Gasteiger partial charge in [-0.3, -0.25) is 4.79 Å². The summed E-state index contributed by atoms with van der Waals surface area (Å²) in [5.41, 5.74) is 0.0167. The number of ether oxygens (including phenoxy) is 1. The number of esters is 1. The molecule has 0 aromatic carbocycles. The lowest BCUT2D eigenvalue weighted by Gasteiger charge is -2.33. The first-order valence-corrected chi connectivity index (χ1v) is 6.45. The first-order chi connectivity index (χ1) is 7.62. The second kappa shape index (κ2) is 6.07. The van der Waals surface area contributed by atoms with Gasteiger partial charge in [0.25, 0.3) is 0 Å². The highest BCUT2D eigenvalue weighted by Crippen LogP contribution is 2.40. The molecule has 1 atom stereocenters. The Labute approximate surface area is 99.1 Å². The van der Waals surface area contributed by atoms with Gasteiger partial charge in [-0.15, -0.1) is 6.58 Å². The standard InChI is InChI=1S/C14H24O2/c1-4-12(3)16-13(15)11-14(5-2)9-7-6-8-10-14/h5,12H,2,4,6-11H2,1,3H3. The van der Waals surface area contributed by atoms with Crippen LogP contribution in [0.5, 0.6) is 0 Å². The Bertz CT molecular complexity index is 239. The SMILES string of the molecule is C=CC1(CC(=O)OC(C)CC)CCCCC1. The Kier molecular flexibility index (Phi) is 5.04. The first kappa shape index (κ1) is 13.3. The summed E-state index contributed by atoms with van der Waals surface area (Å²) >= 11 is 0. The normalized spacial score (nSPS) is 21.1. The third-order valence-electron chi connectivity index (χ3n) is 3.69. The zero-order valence-corrected chi connectivity index (χ0v) is 10.6. The van der Waals surface area contributed by atoms with Crippen molar-refractivity contribution < 1.29 is 9.53 Å². The summed E-state index contributed by atoms with van der Waals surface area (Å²) in [5.74, 6) is -0.0591. The van der Waals surface area contributed by atoms with Crippen molar-refractivity contribution in [1.82, 2.24) is 0 Å². The van der Waals surface area contributed by atoms with Crippen LogP contribution < -0.4 is 0 Å². The summed E-state index contributed by atoms with van der Waals surface area (Å²) in [6.07, 6.45) is 9.30. The second-order valence-corrected chi connectivity index (χ2v) is 5.01. The molecular weight excluding hydrogens is 200 g/mol. The Morgan fingerprint density at radius 1 is 1.44 bits per heavy atom. The fourth-order valence-corrected chi connectivity index (χ4v) is 2.35. The van der Waals surface area contributed by atoms with E-state index in [4.69, 9.17) is 4.74 Å². The number of hydrogen-bond donors (Lipinski definition) is 0. The predicted molar refractivity (Wildman–Crippen MR) is 66.2 cm³/mol. The van der Waals surface area contributed by atoms with Crippen LogP contribution in [0.2, 0.25) is 0 Å². The number of rotatable bonds is 5. The van der Waals surface area contributed by atoms with Crippen molar-refractivity contribution in [3.8, 4) is 0 Å². The van der Waals surface area contributed by atoms with Crippen LogP contribution in [0.3, 0.4) is 0 Å². The summed E-state index contributed by atoms with van der Waals surface area (Å²) in [7, 11) is 0. The third-order valence-corrected chi connectivity index (χ3v) is 3.69. The number of allylic oxidation sites excluding steroid dienone is 1. The molecule has 0 bridgehead atoms. The summed E-state index contributed by atoms with van der Waals surface area (Å²) in [5, 5.41) is 0. The van der Waals surface area contributed by atoms with Gasteiger partial charge in [-0.25, -0.2) is 0 Å². The Morgan fingerprint density at radius 3 is 2.56 bits per heavy atom. The molecule has 0 N–H and O–H groups in total. The molecule has 16 heavy (non-hydrogen) atoms. The minimum atomic E-state index is -0.0591. The van der Waals surface area contributed by atoms with E-state index in [9.17, 15) is 4.79 Å². The Hall–Kier alpha value is -0.790. The van der Waals surface area contributed by atoms with Crippen LogP contribution in [-0.4, -0.2) is 12.1 Å². The Morgan fingerprint density at radius 2 is 2.06 bits per heavy atom. The zero-order valence-electron chi connectivity index (χ0n) is 10.6. The topological polar surface area (TPSA) is 26.3 Å². The maximum atomic E-state index is 11.8. The van der Waals surface area contributed by atoms with E-state index in [1.807, 2.05) is 19.9 Å². The van der Waals surface area contributed by atoms with Crippen LogP contribution in [-0.2, 0) is 9.53 Å². The van der Waals surface area contributed by atoms with E-state index in [0.29, 0.717) is 6.42 Å². The summed E-state index contributed by atoms with van der Waals surface area (Å²) in [4.78, 5) is 11.8. The van der Waals surface area contributed by atoms with Crippen molar-refractivity contribution in [2.75, 3.05) is 0 Å². The monoisotopic (exact) mass is 224 g/mol. The molecule has 0 aromatic rings. The Balaban J connectivity index is 2.49. The second-order valence-electron chi connectivity index (χ2n) is 5.01. The molecule has 0 spiro atoms. The van der Waals surface area contributed by atoms with Crippen molar-refractivity contribution in [1.29, 1.82) is 0 Å². The van der Waals surface area contributed by atoms with E-state index in [-0.39, 0.29) is 17.5 Å². The van der Waals surface area contributed by atoms with Crippen LogP contribution >= 0.6 is 0 Å². The largest absolute Gasteiger partial charge is 0.463 e. The lowest BCUT2D eigenvalue weighted by atomic mass is 9.72. The molecule has 1 aliphatic rings. The van der Waals surface area contributed by atoms with E-state index in [1.165, 1.54) is 19.3 Å². The van der Waals surface area contributed by atoms with E-state index >= 15 is 0 Å². The minimum absolute atomic E-state index is 0.0167. The van der Waals surface area contributed by atoms with Gasteiger partial charge in [-0.1, -0.05) is 32.3 Å². The smallest absolute Gasteiger partial charge is 0.306 e. The van der Waals surface area contributed by atoms with Crippen LogP contribution in [0.1, 0.15) is 58.8 Å². The van der Waals surface area contributed by atoms with Crippen LogP contribution in [0, 0.1) is 5.41 Å². The zero-order chi connectivity index (χ0) is 12.0. The van der Waals surface area contributed by atoms with Crippen molar-refractivity contribution >= 4 is 5.97 Å². The van der Waals surface area contributed by atoms with Gasteiger partial charge in [0.1, 0.15) is 0 Å². The molecule has 0 aliphatic heterocycles. The van der Waals surface area contributed by atoms with Crippen molar-refractivity contribution in [3.63, 3.8) is 0 Å². The third kappa shape index (κ3) is 3.66. The molecule has 1 rings (SSSR count). The molecular formula is C14H24O2. The van der Waals surface area contributed by atoms with E-state index < -0.39 is 0 Å². The molecule has 92 valence electrons. The van der Waals surface area contributed by atoms with Crippen LogP contribution in [0.4, 0.5) is 0 Å². The summed E-state index contributed by atoms with van der Waals surface area (Å²) in [6.45, 7) is 7.87. The fraction of sp³-hybridized carbons (Fsp3) is 0.786. The molecule has 2 nitrogen and oxygen atoms in total. The van der Waals surface area contributed by atoms with Gasteiger partial charge >= 0.3 is 5.97 Å². The molecule has 0 heterocycles. The van der Waals surface area contributed by atoms with Gasteiger partial charge in [0, 0.05) is 0 Å². The van der Waals surface area contributed by atoms with Gasteiger partial charge in [-0.05, 0) is 31.6 Å². The van der Waals surface area contributed by atoms with E-state index in [0.717, 1.165) is 19.3 Å². The lowest BCUT2D eigenvalue weighted by Crippen LogP contribution is -2.27. The summed E-state index contributed by atoms with van der Waals surface area (Å²) in [6, 6.07) is 0. The molecule has 2 heteroatoms. The van der Waals surface area contributed by atoms with Gasteiger partial charge < -0.3 is 4.74 Å². The van der Waals surface area contributed by atoms with Gasteiger partial charge in [0.15, 0.2) is 0 Å². The van der Waals surface area contributed by atoms with Gasteiger partial charge in [0.2, 0.25) is 0 Å². The minimum Gasteiger partial charge on any atom is -0.463 e. The van der Waals surface area contributed by atoms with Gasteiger partial charge in [0.05, 0.1) is 12.5 Å². The predicted octanol–water partition coefficient (Wildman–Crippen LogP) is 3.85. The maximum absolute atomic E-state index is 11.8. The molecule has 0 radical (unpaired) electrons. The van der Waals surface area contributed by atoms with E-state index in [2.05, 4.69) is 6.58 Å². The molecule has 1 fully saturated rings. The molecule has 1 saturated carbocycles. The maximum Gasteiger partial charge on any atom is 0.306 e. The highest BCUT2D eigenvalue weighted by atomic mass is 16.5. The number of hydrogen-bond acceptors (Lipinski definition) is 2. The highest BCUT2D eigenvalue weighted by molar-refractivity contribution is 5.70. The van der Waals surface area contributed by atoms with Crippen LogP contribution in [0.25, 0.3) is 0 Å². The number of carbonyl (C=O) groups excluding carboxylic acids is 1. The number of carbonyl (C=O) groups is 1. The average Bonchev–Trinajstić information content (AvgIpc) is 2.29. The van der Waals surface area contributed by atoms with Crippen molar-refractivity contribution in [3.05, 3.63) is 12.7 Å². The molecule has 0 saturated heterocycles. The molecule has 1 unspecified atom stereocenters. The van der Waals surface area contributed by atoms with Crippen molar-refractivity contribution in [2.45, 2.75) is 64.9 Å². The van der Waals surface area contributed by atoms with Crippen molar-refractivity contribution in [2.24, 2.45) is 5.41 Å². The fourth-order valence-electron chi connectivity index (χ4n) is 2.35. The molecule has 0 amide bonds. The first-order valence-electron chi connectivity index (χ1n) is 6.45. The highest BCUT2D eigenvalue weighted by Gasteiger charge is 2.32. The van der Waals surface area contributed by atoms with Gasteiger partial charge in [-0.2, -0.15) is 0 Å². The average molecular weight is 224 g/mol. The molecule has 0 aromatic heterocycles. The van der Waals surface area contributed by atoms with Crippen LogP contribution in [0.15, 0.2) is 12.7 Å². The quantitative estimate of drug-likeness (QED) is 0.523. The molecule has 1 aliphatic carbocycles. The van der Waals surface area contributed by atoms with E-state index in [1.54, 1.807) is 0 Å².